The predicted molar refractivity (Wildman–Crippen MR) is 59.1 cm³/mol. The van der Waals surface area contributed by atoms with Crippen LogP contribution in [0.5, 0.6) is 0 Å². The van der Waals surface area contributed by atoms with E-state index < -0.39 is 0 Å². The smallest absolute Gasteiger partial charge is 0.128 e. The van der Waals surface area contributed by atoms with E-state index in [1.54, 1.807) is 25.1 Å². The molecule has 80 valence electrons. The first kappa shape index (κ1) is 11.7. The summed E-state index contributed by atoms with van der Waals surface area (Å²) in [6.45, 7) is 1.79. The summed E-state index contributed by atoms with van der Waals surface area (Å²) >= 11 is 0. The predicted octanol–water partition coefficient (Wildman–Crippen LogP) is 2.13. The third kappa shape index (κ3) is 3.35. The SMILES string of the molecule is CC#CCCC(NN)c1ccccc1F. The number of nitrogens with two attached hydrogens (primary N) is 1. The largest absolute Gasteiger partial charge is 0.271 e. The molecule has 0 saturated carbocycles. The molecular weight excluding hydrogens is 191 g/mol. The molecule has 15 heavy (non-hydrogen) atoms. The molecule has 3 N–H and O–H groups in total. The lowest BCUT2D eigenvalue weighted by molar-refractivity contribution is 0.491. The first-order valence-corrected chi connectivity index (χ1v) is 4.89. The van der Waals surface area contributed by atoms with Crippen molar-refractivity contribution in [2.45, 2.75) is 25.8 Å². The van der Waals surface area contributed by atoms with Gasteiger partial charge in [-0.05, 0) is 19.4 Å². The van der Waals surface area contributed by atoms with Gasteiger partial charge in [0.15, 0.2) is 0 Å². The van der Waals surface area contributed by atoms with Gasteiger partial charge in [0.25, 0.3) is 0 Å². The molecule has 0 spiro atoms. The van der Waals surface area contributed by atoms with Crippen LogP contribution in [0.1, 0.15) is 31.4 Å². The lowest BCUT2D eigenvalue weighted by Crippen LogP contribution is -2.28. The first-order valence-electron chi connectivity index (χ1n) is 4.89. The van der Waals surface area contributed by atoms with Crippen LogP contribution in [0.3, 0.4) is 0 Å². The molecule has 0 bridgehead atoms. The Hall–Kier alpha value is -1.37. The van der Waals surface area contributed by atoms with Gasteiger partial charge in [-0.2, -0.15) is 0 Å². The number of halogens is 1. The minimum Gasteiger partial charge on any atom is -0.271 e. The van der Waals surface area contributed by atoms with Crippen LogP contribution in [0.15, 0.2) is 24.3 Å². The fourth-order valence-electron chi connectivity index (χ4n) is 1.43. The van der Waals surface area contributed by atoms with E-state index in [4.69, 9.17) is 5.84 Å². The van der Waals surface area contributed by atoms with Crippen LogP contribution >= 0.6 is 0 Å². The molecule has 3 heteroatoms. The molecule has 0 radical (unpaired) electrons. The van der Waals surface area contributed by atoms with Gasteiger partial charge in [0.05, 0.1) is 0 Å². The van der Waals surface area contributed by atoms with Crippen LogP contribution in [-0.4, -0.2) is 0 Å². The minimum atomic E-state index is -0.232. The maximum atomic E-state index is 13.4. The van der Waals surface area contributed by atoms with Crippen molar-refractivity contribution in [2.24, 2.45) is 5.84 Å². The normalized spacial score (nSPS) is 11.7. The van der Waals surface area contributed by atoms with E-state index in [0.29, 0.717) is 18.4 Å². The maximum absolute atomic E-state index is 13.4. The Morgan fingerprint density at radius 1 is 1.47 bits per heavy atom. The lowest BCUT2D eigenvalue weighted by Gasteiger charge is -2.15. The quantitative estimate of drug-likeness (QED) is 0.450. The Balaban J connectivity index is 2.72. The van der Waals surface area contributed by atoms with Crippen molar-refractivity contribution in [3.05, 3.63) is 35.6 Å². The number of hydrogen-bond acceptors (Lipinski definition) is 2. The Labute approximate surface area is 89.6 Å². The number of rotatable bonds is 4. The molecule has 0 fully saturated rings. The molecule has 0 saturated heterocycles. The number of hydrogen-bond donors (Lipinski definition) is 2. The average molecular weight is 206 g/mol. The molecule has 0 amide bonds. The zero-order valence-corrected chi connectivity index (χ0v) is 8.76. The highest BCUT2D eigenvalue weighted by Crippen LogP contribution is 2.20. The molecule has 0 aromatic heterocycles. The topological polar surface area (TPSA) is 38.0 Å². The van der Waals surface area contributed by atoms with Crippen LogP contribution in [0.2, 0.25) is 0 Å². The number of hydrazine groups is 1. The molecule has 1 atom stereocenters. The van der Waals surface area contributed by atoms with Gasteiger partial charge >= 0.3 is 0 Å². The zero-order chi connectivity index (χ0) is 11.1. The summed E-state index contributed by atoms with van der Waals surface area (Å²) in [6.07, 6.45) is 1.41. The second kappa shape index (κ2) is 6.18. The average Bonchev–Trinajstić information content (AvgIpc) is 2.26. The molecule has 0 heterocycles. The summed E-state index contributed by atoms with van der Waals surface area (Å²) < 4.78 is 13.4. The molecule has 1 unspecified atom stereocenters. The van der Waals surface area contributed by atoms with Crippen LogP contribution in [0.4, 0.5) is 4.39 Å². The van der Waals surface area contributed by atoms with Crippen LogP contribution in [0, 0.1) is 17.7 Å². The van der Waals surface area contributed by atoms with Gasteiger partial charge in [0.2, 0.25) is 0 Å². The van der Waals surface area contributed by atoms with E-state index in [1.165, 1.54) is 6.07 Å². The van der Waals surface area contributed by atoms with Crippen LogP contribution < -0.4 is 11.3 Å². The van der Waals surface area contributed by atoms with Crippen molar-refractivity contribution < 1.29 is 4.39 Å². The van der Waals surface area contributed by atoms with Crippen LogP contribution in [0.25, 0.3) is 0 Å². The third-order valence-electron chi connectivity index (χ3n) is 2.22. The zero-order valence-electron chi connectivity index (χ0n) is 8.76. The fraction of sp³-hybridized carbons (Fsp3) is 0.333. The number of nitrogens with one attached hydrogen (secondary N) is 1. The molecule has 0 aliphatic rings. The highest BCUT2D eigenvalue weighted by molar-refractivity contribution is 5.21. The molecule has 1 aromatic rings. The van der Waals surface area contributed by atoms with Crippen molar-refractivity contribution >= 4 is 0 Å². The van der Waals surface area contributed by atoms with Crippen molar-refractivity contribution in [1.82, 2.24) is 5.43 Å². The molecule has 1 aromatic carbocycles. The molecule has 0 aliphatic heterocycles. The monoisotopic (exact) mass is 206 g/mol. The van der Waals surface area contributed by atoms with Crippen molar-refractivity contribution in [2.75, 3.05) is 0 Å². The summed E-state index contributed by atoms with van der Waals surface area (Å²) in [5.41, 5.74) is 3.21. The van der Waals surface area contributed by atoms with Crippen molar-refractivity contribution in [3.8, 4) is 11.8 Å². The Morgan fingerprint density at radius 3 is 2.80 bits per heavy atom. The summed E-state index contributed by atoms with van der Waals surface area (Å²) in [7, 11) is 0. The summed E-state index contributed by atoms with van der Waals surface area (Å²) in [6, 6.07) is 6.46. The highest BCUT2D eigenvalue weighted by Gasteiger charge is 2.12. The minimum absolute atomic E-state index is 0.174. The molecule has 1 rings (SSSR count). The van der Waals surface area contributed by atoms with Gasteiger partial charge < -0.3 is 0 Å². The summed E-state index contributed by atoms with van der Waals surface area (Å²) in [5, 5.41) is 0. The van der Waals surface area contributed by atoms with E-state index >= 15 is 0 Å². The molecule has 2 nitrogen and oxygen atoms in total. The summed E-state index contributed by atoms with van der Waals surface area (Å²) in [4.78, 5) is 0. The number of benzene rings is 1. The molecular formula is C12H15FN2. The van der Waals surface area contributed by atoms with Gasteiger partial charge in [0.1, 0.15) is 5.82 Å². The Morgan fingerprint density at radius 2 is 2.20 bits per heavy atom. The molecule has 0 aliphatic carbocycles. The van der Waals surface area contributed by atoms with E-state index in [9.17, 15) is 4.39 Å². The van der Waals surface area contributed by atoms with E-state index in [-0.39, 0.29) is 11.9 Å². The van der Waals surface area contributed by atoms with Gasteiger partial charge in [-0.25, -0.2) is 4.39 Å². The van der Waals surface area contributed by atoms with Gasteiger partial charge in [-0.15, -0.1) is 11.8 Å². The van der Waals surface area contributed by atoms with Crippen LogP contribution in [-0.2, 0) is 0 Å². The third-order valence-corrected chi connectivity index (χ3v) is 2.22. The van der Waals surface area contributed by atoms with Gasteiger partial charge in [-0.1, -0.05) is 18.2 Å². The Bertz CT molecular complexity index is 365. The fourth-order valence-corrected chi connectivity index (χ4v) is 1.43. The van der Waals surface area contributed by atoms with E-state index in [1.807, 2.05) is 0 Å². The van der Waals surface area contributed by atoms with Gasteiger partial charge in [0, 0.05) is 18.0 Å². The van der Waals surface area contributed by atoms with Crippen molar-refractivity contribution in [3.63, 3.8) is 0 Å². The Kier molecular flexibility index (Phi) is 4.82. The van der Waals surface area contributed by atoms with Crippen molar-refractivity contribution in [1.29, 1.82) is 0 Å². The standard InChI is InChI=1S/C12H15FN2/c1-2-3-4-9-12(15-14)10-7-5-6-8-11(10)13/h5-8,12,15H,4,9,14H2,1H3. The maximum Gasteiger partial charge on any atom is 0.128 e. The van der Waals surface area contributed by atoms with Gasteiger partial charge in [-0.3, -0.25) is 11.3 Å². The van der Waals surface area contributed by atoms with E-state index in [2.05, 4.69) is 17.3 Å². The first-order chi connectivity index (χ1) is 7.29. The second-order valence-electron chi connectivity index (χ2n) is 3.21. The lowest BCUT2D eigenvalue weighted by atomic mass is 10.0. The van der Waals surface area contributed by atoms with E-state index in [0.717, 1.165) is 0 Å². The summed E-state index contributed by atoms with van der Waals surface area (Å²) in [5.74, 6) is 10.9. The second-order valence-corrected chi connectivity index (χ2v) is 3.21. The highest BCUT2D eigenvalue weighted by atomic mass is 19.1.